The number of rotatable bonds is 4. The molecule has 0 radical (unpaired) electrons. The number of aromatic amines is 1. The number of hydrogen-bond donors (Lipinski definition) is 3. The number of aryl methyl sites for hydroxylation is 1. The number of carbonyl (C=O) groups is 1. The SMILES string of the molecule is Cc1cc(C(=O)O)ccc1NCc1ccc2[nH]ccc2c1. The highest BCUT2D eigenvalue weighted by Crippen LogP contribution is 2.19. The third kappa shape index (κ3) is 2.74. The molecule has 1 heterocycles. The summed E-state index contributed by atoms with van der Waals surface area (Å²) in [5.41, 5.74) is 4.50. The smallest absolute Gasteiger partial charge is 0.335 e. The molecule has 1 aromatic heterocycles. The van der Waals surface area contributed by atoms with Gasteiger partial charge in [-0.3, -0.25) is 0 Å². The van der Waals surface area contributed by atoms with Crippen LogP contribution in [0.25, 0.3) is 10.9 Å². The minimum Gasteiger partial charge on any atom is -0.478 e. The highest BCUT2D eigenvalue weighted by Gasteiger charge is 2.05. The van der Waals surface area contributed by atoms with Gasteiger partial charge < -0.3 is 15.4 Å². The predicted octanol–water partition coefficient (Wildman–Crippen LogP) is 3.79. The van der Waals surface area contributed by atoms with Gasteiger partial charge in [-0.15, -0.1) is 0 Å². The lowest BCUT2D eigenvalue weighted by Gasteiger charge is -2.10. The summed E-state index contributed by atoms with van der Waals surface area (Å²) < 4.78 is 0. The Morgan fingerprint density at radius 2 is 2.05 bits per heavy atom. The second kappa shape index (κ2) is 5.32. The van der Waals surface area contributed by atoms with E-state index in [0.717, 1.165) is 16.8 Å². The maximum Gasteiger partial charge on any atom is 0.335 e. The average molecular weight is 280 g/mol. The molecule has 4 heteroatoms. The number of aromatic nitrogens is 1. The summed E-state index contributed by atoms with van der Waals surface area (Å²) in [7, 11) is 0. The molecule has 3 N–H and O–H groups in total. The van der Waals surface area contributed by atoms with E-state index < -0.39 is 5.97 Å². The predicted molar refractivity (Wildman–Crippen MR) is 83.8 cm³/mol. The van der Waals surface area contributed by atoms with Gasteiger partial charge >= 0.3 is 5.97 Å². The minimum absolute atomic E-state index is 0.312. The van der Waals surface area contributed by atoms with Crippen molar-refractivity contribution < 1.29 is 9.90 Å². The fraction of sp³-hybridized carbons (Fsp3) is 0.118. The van der Waals surface area contributed by atoms with Crippen LogP contribution in [-0.4, -0.2) is 16.1 Å². The van der Waals surface area contributed by atoms with Crippen molar-refractivity contribution in [2.24, 2.45) is 0 Å². The van der Waals surface area contributed by atoms with Gasteiger partial charge in [0.2, 0.25) is 0 Å². The van der Waals surface area contributed by atoms with Crippen molar-refractivity contribution >= 4 is 22.6 Å². The van der Waals surface area contributed by atoms with Crippen molar-refractivity contribution in [1.82, 2.24) is 4.98 Å². The van der Waals surface area contributed by atoms with E-state index in [0.29, 0.717) is 12.1 Å². The van der Waals surface area contributed by atoms with Crippen LogP contribution in [0.2, 0.25) is 0 Å². The van der Waals surface area contributed by atoms with Crippen LogP contribution in [-0.2, 0) is 6.54 Å². The number of fused-ring (bicyclic) bond motifs is 1. The van der Waals surface area contributed by atoms with Crippen LogP contribution in [0.3, 0.4) is 0 Å². The van der Waals surface area contributed by atoms with E-state index in [9.17, 15) is 4.79 Å². The molecular formula is C17H16N2O2. The molecule has 2 aromatic carbocycles. The van der Waals surface area contributed by atoms with Gasteiger partial charge in [0.15, 0.2) is 0 Å². The second-order valence-corrected chi connectivity index (χ2v) is 5.09. The quantitative estimate of drug-likeness (QED) is 0.681. The van der Waals surface area contributed by atoms with Crippen LogP contribution in [0, 0.1) is 6.92 Å². The molecular weight excluding hydrogens is 264 g/mol. The van der Waals surface area contributed by atoms with Crippen molar-refractivity contribution in [1.29, 1.82) is 0 Å². The van der Waals surface area contributed by atoms with Gasteiger partial charge in [0, 0.05) is 23.9 Å². The summed E-state index contributed by atoms with van der Waals surface area (Å²) >= 11 is 0. The Morgan fingerprint density at radius 3 is 2.81 bits per heavy atom. The number of carboxylic acids is 1. The van der Waals surface area contributed by atoms with Gasteiger partial charge in [-0.1, -0.05) is 6.07 Å². The Labute approximate surface area is 122 Å². The van der Waals surface area contributed by atoms with Gasteiger partial charge in [0.25, 0.3) is 0 Å². The van der Waals surface area contributed by atoms with Gasteiger partial charge in [-0.05, 0) is 59.8 Å². The summed E-state index contributed by atoms with van der Waals surface area (Å²) in [5.74, 6) is -0.900. The third-order valence-corrected chi connectivity index (χ3v) is 3.57. The molecule has 0 amide bonds. The van der Waals surface area contributed by atoms with Gasteiger partial charge in [0.05, 0.1) is 5.56 Å². The van der Waals surface area contributed by atoms with Gasteiger partial charge in [-0.25, -0.2) is 4.79 Å². The molecule has 0 aliphatic heterocycles. The fourth-order valence-electron chi connectivity index (χ4n) is 2.41. The summed E-state index contributed by atoms with van der Waals surface area (Å²) in [4.78, 5) is 14.1. The molecule has 0 bridgehead atoms. The van der Waals surface area contributed by atoms with Crippen LogP contribution in [0.1, 0.15) is 21.5 Å². The van der Waals surface area contributed by atoms with Crippen LogP contribution in [0.15, 0.2) is 48.7 Å². The average Bonchev–Trinajstić information content (AvgIpc) is 2.93. The van der Waals surface area contributed by atoms with Crippen LogP contribution in [0.4, 0.5) is 5.69 Å². The summed E-state index contributed by atoms with van der Waals surface area (Å²) in [5, 5.41) is 13.5. The molecule has 0 fully saturated rings. The van der Waals surface area contributed by atoms with Gasteiger partial charge in [0.1, 0.15) is 0 Å². The van der Waals surface area contributed by atoms with Gasteiger partial charge in [-0.2, -0.15) is 0 Å². The van der Waals surface area contributed by atoms with Crippen molar-refractivity contribution in [2.45, 2.75) is 13.5 Å². The first-order valence-corrected chi connectivity index (χ1v) is 6.77. The first-order chi connectivity index (χ1) is 10.1. The number of aromatic carboxylic acids is 1. The zero-order valence-corrected chi connectivity index (χ0v) is 11.7. The van der Waals surface area contributed by atoms with Crippen LogP contribution in [0.5, 0.6) is 0 Å². The molecule has 0 unspecified atom stereocenters. The van der Waals surface area contributed by atoms with E-state index in [-0.39, 0.29) is 0 Å². The van der Waals surface area contributed by atoms with Crippen molar-refractivity contribution in [2.75, 3.05) is 5.32 Å². The van der Waals surface area contributed by atoms with E-state index in [2.05, 4.69) is 28.5 Å². The van der Waals surface area contributed by atoms with E-state index in [1.54, 1.807) is 12.1 Å². The number of benzene rings is 2. The highest BCUT2D eigenvalue weighted by atomic mass is 16.4. The van der Waals surface area contributed by atoms with E-state index >= 15 is 0 Å². The number of hydrogen-bond acceptors (Lipinski definition) is 2. The Morgan fingerprint density at radius 1 is 1.19 bits per heavy atom. The maximum absolute atomic E-state index is 10.9. The Balaban J connectivity index is 1.76. The highest BCUT2D eigenvalue weighted by molar-refractivity contribution is 5.88. The summed E-state index contributed by atoms with van der Waals surface area (Å²) in [6, 6.07) is 13.4. The minimum atomic E-state index is -0.900. The molecule has 21 heavy (non-hydrogen) atoms. The molecule has 0 aliphatic rings. The lowest BCUT2D eigenvalue weighted by Crippen LogP contribution is -2.03. The molecule has 0 spiro atoms. The first kappa shape index (κ1) is 13.2. The van der Waals surface area contributed by atoms with Crippen LogP contribution < -0.4 is 5.32 Å². The number of nitrogens with one attached hydrogen (secondary N) is 2. The molecule has 3 aromatic rings. The standard InChI is InChI=1S/C17H16N2O2/c1-11-8-14(17(20)21)3-5-15(11)19-10-12-2-4-16-13(9-12)6-7-18-16/h2-9,18-19H,10H2,1H3,(H,20,21). The van der Waals surface area contributed by atoms with E-state index in [1.165, 1.54) is 10.9 Å². The lowest BCUT2D eigenvalue weighted by molar-refractivity contribution is 0.0697. The zero-order valence-electron chi connectivity index (χ0n) is 11.7. The molecule has 0 saturated heterocycles. The van der Waals surface area contributed by atoms with E-state index in [1.807, 2.05) is 25.3 Å². The maximum atomic E-state index is 10.9. The third-order valence-electron chi connectivity index (χ3n) is 3.57. The Bertz CT molecular complexity index is 805. The van der Waals surface area contributed by atoms with Crippen molar-refractivity contribution in [3.05, 3.63) is 65.4 Å². The normalized spacial score (nSPS) is 10.7. The van der Waals surface area contributed by atoms with Crippen molar-refractivity contribution in [3.8, 4) is 0 Å². The lowest BCUT2D eigenvalue weighted by atomic mass is 10.1. The number of anilines is 1. The zero-order chi connectivity index (χ0) is 14.8. The van der Waals surface area contributed by atoms with Crippen molar-refractivity contribution in [3.63, 3.8) is 0 Å². The summed E-state index contributed by atoms with van der Waals surface area (Å²) in [6.45, 7) is 2.61. The largest absolute Gasteiger partial charge is 0.478 e. The Kier molecular flexibility index (Phi) is 3.36. The Hall–Kier alpha value is -2.75. The molecule has 0 atom stereocenters. The molecule has 0 saturated carbocycles. The number of H-pyrrole nitrogens is 1. The van der Waals surface area contributed by atoms with E-state index in [4.69, 9.17) is 5.11 Å². The monoisotopic (exact) mass is 280 g/mol. The fourth-order valence-corrected chi connectivity index (χ4v) is 2.41. The summed E-state index contributed by atoms with van der Waals surface area (Å²) in [6.07, 6.45) is 1.93. The molecule has 106 valence electrons. The molecule has 3 rings (SSSR count). The van der Waals surface area contributed by atoms with Crippen LogP contribution >= 0.6 is 0 Å². The second-order valence-electron chi connectivity index (χ2n) is 5.09. The molecule has 0 aliphatic carbocycles. The topological polar surface area (TPSA) is 65.1 Å². The first-order valence-electron chi connectivity index (χ1n) is 6.77. The number of carboxylic acid groups (broad SMARTS) is 1. The molecule has 4 nitrogen and oxygen atoms in total.